The Hall–Kier alpha value is -0.770. The standard InChI is InChI=1S/C11H20N2O2/c1-11(2,3)15-10(14)13-5-4-7-8(12)6-9(7)13/h7-9H,4-6,12H2,1-3H3/t7-,8-,9+/m0/s1. The molecule has 1 aliphatic heterocycles. The van der Waals surface area contributed by atoms with Gasteiger partial charge in [0, 0.05) is 18.6 Å². The predicted octanol–water partition coefficient (Wildman–Crippen LogP) is 1.34. The largest absolute Gasteiger partial charge is 0.444 e. The summed E-state index contributed by atoms with van der Waals surface area (Å²) in [6, 6.07) is 0.636. The molecule has 0 aromatic rings. The molecule has 1 saturated carbocycles. The Labute approximate surface area is 90.8 Å². The molecule has 15 heavy (non-hydrogen) atoms. The molecule has 1 saturated heterocycles. The minimum atomic E-state index is -0.402. The van der Waals surface area contributed by atoms with E-state index in [4.69, 9.17) is 10.5 Å². The lowest BCUT2D eigenvalue weighted by molar-refractivity contribution is 0.0107. The SMILES string of the molecule is CC(C)(C)OC(=O)N1CC[C@@H]2[C@H]1C[C@@H]2N. The van der Waals surface area contributed by atoms with E-state index in [2.05, 4.69) is 0 Å². The van der Waals surface area contributed by atoms with Crippen molar-refractivity contribution in [2.75, 3.05) is 6.54 Å². The zero-order valence-electron chi connectivity index (χ0n) is 9.69. The summed E-state index contributed by atoms with van der Waals surface area (Å²) in [5, 5.41) is 0. The number of nitrogens with two attached hydrogens (primary N) is 1. The number of fused-ring (bicyclic) bond motifs is 1. The van der Waals surface area contributed by atoms with Crippen LogP contribution in [0.15, 0.2) is 0 Å². The highest BCUT2D eigenvalue weighted by atomic mass is 16.6. The van der Waals surface area contributed by atoms with Gasteiger partial charge in [-0.2, -0.15) is 0 Å². The smallest absolute Gasteiger partial charge is 0.410 e. The summed E-state index contributed by atoms with van der Waals surface area (Å²) in [6.07, 6.45) is 1.79. The first-order valence-corrected chi connectivity index (χ1v) is 5.64. The summed E-state index contributed by atoms with van der Waals surface area (Å²) in [4.78, 5) is 13.7. The van der Waals surface area contributed by atoms with Crippen LogP contribution in [0, 0.1) is 5.92 Å². The Bertz CT molecular complexity index is 272. The molecule has 1 heterocycles. The third-order valence-corrected chi connectivity index (χ3v) is 3.29. The highest BCUT2D eigenvalue weighted by Gasteiger charge is 2.49. The quantitative estimate of drug-likeness (QED) is 0.659. The molecule has 3 atom stereocenters. The lowest BCUT2D eigenvalue weighted by atomic mass is 9.76. The van der Waals surface area contributed by atoms with Gasteiger partial charge in [-0.3, -0.25) is 0 Å². The highest BCUT2D eigenvalue weighted by molar-refractivity contribution is 5.69. The van der Waals surface area contributed by atoms with Gasteiger partial charge in [-0.15, -0.1) is 0 Å². The molecule has 1 aliphatic carbocycles. The summed E-state index contributed by atoms with van der Waals surface area (Å²) in [6.45, 7) is 6.48. The molecule has 2 aliphatic rings. The number of nitrogens with zero attached hydrogens (tertiary/aromatic N) is 1. The van der Waals surface area contributed by atoms with Crippen molar-refractivity contribution in [2.24, 2.45) is 11.7 Å². The van der Waals surface area contributed by atoms with E-state index in [1.54, 1.807) is 0 Å². The zero-order chi connectivity index (χ0) is 11.2. The van der Waals surface area contributed by atoms with Crippen molar-refractivity contribution >= 4 is 6.09 Å². The van der Waals surface area contributed by atoms with Gasteiger partial charge in [0.1, 0.15) is 5.60 Å². The summed E-state index contributed by atoms with van der Waals surface area (Å²) < 4.78 is 5.36. The van der Waals surface area contributed by atoms with Crippen molar-refractivity contribution in [3.63, 3.8) is 0 Å². The van der Waals surface area contributed by atoms with E-state index in [-0.39, 0.29) is 6.09 Å². The Kier molecular flexibility index (Phi) is 2.41. The van der Waals surface area contributed by atoms with Crippen molar-refractivity contribution in [2.45, 2.75) is 51.3 Å². The van der Waals surface area contributed by atoms with Crippen LogP contribution < -0.4 is 5.73 Å². The average molecular weight is 212 g/mol. The summed E-state index contributed by atoms with van der Waals surface area (Å²) in [5.41, 5.74) is 5.47. The molecule has 0 bridgehead atoms. The second-order valence-corrected chi connectivity index (χ2v) is 5.59. The summed E-state index contributed by atoms with van der Waals surface area (Å²) in [5.74, 6) is 0.512. The molecule has 0 spiro atoms. The Balaban J connectivity index is 1.93. The fraction of sp³-hybridized carbons (Fsp3) is 0.909. The number of rotatable bonds is 0. The van der Waals surface area contributed by atoms with Crippen molar-refractivity contribution in [3.05, 3.63) is 0 Å². The second kappa shape index (κ2) is 3.37. The normalized spacial score (nSPS) is 34.7. The number of carbonyl (C=O) groups is 1. The molecule has 2 N–H and O–H groups in total. The van der Waals surface area contributed by atoms with Gasteiger partial charge in [-0.1, -0.05) is 0 Å². The average Bonchev–Trinajstić information content (AvgIpc) is 2.38. The number of carbonyl (C=O) groups excluding carboxylic acids is 1. The van der Waals surface area contributed by atoms with Gasteiger partial charge in [0.15, 0.2) is 0 Å². The number of likely N-dealkylation sites (tertiary alicyclic amines) is 1. The maximum atomic E-state index is 11.8. The fourth-order valence-electron chi connectivity index (χ4n) is 2.48. The van der Waals surface area contributed by atoms with E-state index in [0.717, 1.165) is 19.4 Å². The Morgan fingerprint density at radius 2 is 2.13 bits per heavy atom. The molecule has 4 nitrogen and oxygen atoms in total. The molecular weight excluding hydrogens is 192 g/mol. The van der Waals surface area contributed by atoms with Gasteiger partial charge in [0.2, 0.25) is 0 Å². The van der Waals surface area contributed by atoms with Crippen LogP contribution in [0.3, 0.4) is 0 Å². The first-order valence-electron chi connectivity index (χ1n) is 5.64. The Morgan fingerprint density at radius 3 is 2.60 bits per heavy atom. The van der Waals surface area contributed by atoms with Crippen LogP contribution in [0.1, 0.15) is 33.6 Å². The van der Waals surface area contributed by atoms with Crippen LogP contribution in [0.5, 0.6) is 0 Å². The fourth-order valence-corrected chi connectivity index (χ4v) is 2.48. The van der Waals surface area contributed by atoms with Crippen molar-refractivity contribution in [1.29, 1.82) is 0 Å². The van der Waals surface area contributed by atoms with E-state index < -0.39 is 5.60 Å². The molecule has 0 unspecified atom stereocenters. The topological polar surface area (TPSA) is 55.6 Å². The van der Waals surface area contributed by atoms with Gasteiger partial charge in [-0.05, 0) is 39.5 Å². The molecule has 2 rings (SSSR count). The van der Waals surface area contributed by atoms with Gasteiger partial charge in [-0.25, -0.2) is 4.79 Å². The molecule has 1 amide bonds. The van der Waals surface area contributed by atoms with E-state index in [1.807, 2.05) is 25.7 Å². The maximum absolute atomic E-state index is 11.8. The minimum Gasteiger partial charge on any atom is -0.444 e. The van der Waals surface area contributed by atoms with E-state index in [9.17, 15) is 4.79 Å². The summed E-state index contributed by atoms with van der Waals surface area (Å²) in [7, 11) is 0. The van der Waals surface area contributed by atoms with Crippen molar-refractivity contribution in [3.8, 4) is 0 Å². The van der Waals surface area contributed by atoms with Crippen LogP contribution in [0.25, 0.3) is 0 Å². The molecule has 86 valence electrons. The number of hydrogen-bond acceptors (Lipinski definition) is 3. The molecule has 0 aromatic heterocycles. The number of ether oxygens (including phenoxy) is 1. The third-order valence-electron chi connectivity index (χ3n) is 3.29. The van der Waals surface area contributed by atoms with Gasteiger partial charge in [0.25, 0.3) is 0 Å². The van der Waals surface area contributed by atoms with Crippen molar-refractivity contribution < 1.29 is 9.53 Å². The van der Waals surface area contributed by atoms with Crippen molar-refractivity contribution in [1.82, 2.24) is 4.90 Å². The molecular formula is C11H20N2O2. The molecule has 2 fully saturated rings. The Morgan fingerprint density at radius 1 is 1.47 bits per heavy atom. The molecule has 0 radical (unpaired) electrons. The maximum Gasteiger partial charge on any atom is 0.410 e. The first-order chi connectivity index (χ1) is 6.88. The molecule has 0 aromatic carbocycles. The second-order valence-electron chi connectivity index (χ2n) is 5.59. The minimum absolute atomic E-state index is 0.179. The van der Waals surface area contributed by atoms with Gasteiger partial charge < -0.3 is 15.4 Å². The van der Waals surface area contributed by atoms with Gasteiger partial charge >= 0.3 is 6.09 Å². The highest BCUT2D eigenvalue weighted by Crippen LogP contribution is 2.39. The van der Waals surface area contributed by atoms with Crippen LogP contribution in [-0.2, 0) is 4.74 Å². The van der Waals surface area contributed by atoms with Gasteiger partial charge in [0.05, 0.1) is 0 Å². The van der Waals surface area contributed by atoms with E-state index in [0.29, 0.717) is 18.0 Å². The number of amides is 1. The molecule has 4 heteroatoms. The van der Waals surface area contributed by atoms with Crippen LogP contribution in [-0.4, -0.2) is 35.2 Å². The van der Waals surface area contributed by atoms with Crippen LogP contribution in [0.4, 0.5) is 4.79 Å². The third kappa shape index (κ3) is 1.95. The number of hydrogen-bond donors (Lipinski definition) is 1. The predicted molar refractivity (Wildman–Crippen MR) is 57.4 cm³/mol. The lowest BCUT2D eigenvalue weighted by Gasteiger charge is -2.41. The first kappa shape index (κ1) is 10.7. The summed E-state index contributed by atoms with van der Waals surface area (Å²) >= 11 is 0. The van der Waals surface area contributed by atoms with Crippen LogP contribution in [0.2, 0.25) is 0 Å². The van der Waals surface area contributed by atoms with E-state index >= 15 is 0 Å². The zero-order valence-corrected chi connectivity index (χ0v) is 9.69. The monoisotopic (exact) mass is 212 g/mol. The van der Waals surface area contributed by atoms with E-state index in [1.165, 1.54) is 0 Å². The van der Waals surface area contributed by atoms with Crippen LogP contribution >= 0.6 is 0 Å². The lowest BCUT2D eigenvalue weighted by Crippen LogP contribution is -2.55.